The lowest BCUT2D eigenvalue weighted by Crippen LogP contribution is -2.48. The molecule has 0 spiro atoms. The van der Waals surface area contributed by atoms with Crippen LogP contribution < -0.4 is 0 Å². The molecule has 2 amide bonds. The number of hydrogen-bond acceptors (Lipinski definition) is 5. The molecular weight excluding hydrogens is 260 g/mol. The zero-order valence-electron chi connectivity index (χ0n) is 10.3. The van der Waals surface area contributed by atoms with Crippen molar-refractivity contribution in [2.45, 2.75) is 13.0 Å². The zero-order valence-corrected chi connectivity index (χ0v) is 11.1. The maximum Gasteiger partial charge on any atom is 0.327 e. The van der Waals surface area contributed by atoms with Gasteiger partial charge in [-0.1, -0.05) is 0 Å². The van der Waals surface area contributed by atoms with Crippen LogP contribution >= 0.6 is 11.8 Å². The number of aliphatic carboxylic acids is 1. The van der Waals surface area contributed by atoms with E-state index in [1.807, 2.05) is 0 Å². The lowest BCUT2D eigenvalue weighted by atomic mass is 10.3. The summed E-state index contributed by atoms with van der Waals surface area (Å²) < 4.78 is 4.73. The normalized spacial score (nSPS) is 18.6. The van der Waals surface area contributed by atoms with Gasteiger partial charge < -0.3 is 19.6 Å². The summed E-state index contributed by atoms with van der Waals surface area (Å²) in [5.74, 6) is -0.845. The zero-order chi connectivity index (χ0) is 13.7. The van der Waals surface area contributed by atoms with E-state index in [0.717, 1.165) is 0 Å². The molecule has 0 radical (unpaired) electrons. The van der Waals surface area contributed by atoms with Gasteiger partial charge in [0.15, 0.2) is 0 Å². The molecular formula is C10H16N2O5S. The first kappa shape index (κ1) is 14.6. The van der Waals surface area contributed by atoms with Gasteiger partial charge in [0, 0.05) is 12.8 Å². The number of esters is 1. The number of ether oxygens (including phenoxy) is 1. The summed E-state index contributed by atoms with van der Waals surface area (Å²) in [5.41, 5.74) is 0. The molecule has 18 heavy (non-hydrogen) atoms. The summed E-state index contributed by atoms with van der Waals surface area (Å²) in [5, 5.41) is 8.96. The summed E-state index contributed by atoms with van der Waals surface area (Å²) in [6.07, 6.45) is 0. The van der Waals surface area contributed by atoms with Crippen LogP contribution in [0.2, 0.25) is 0 Å². The minimum Gasteiger partial charge on any atom is -0.480 e. The fraction of sp³-hybridized carbons (Fsp3) is 0.700. The van der Waals surface area contributed by atoms with Crippen molar-refractivity contribution in [2.24, 2.45) is 0 Å². The van der Waals surface area contributed by atoms with Gasteiger partial charge in [0.05, 0.1) is 12.5 Å². The van der Waals surface area contributed by atoms with Crippen molar-refractivity contribution in [3.63, 3.8) is 0 Å². The molecule has 1 N–H and O–H groups in total. The Balaban J connectivity index is 2.57. The number of thioether (sulfide) groups is 1. The SMILES string of the molecule is CCOC(=O)CN(C)C(=O)N1CSCC1C(=O)O. The molecule has 0 aromatic carbocycles. The van der Waals surface area contributed by atoms with Crippen molar-refractivity contribution >= 4 is 29.7 Å². The maximum absolute atomic E-state index is 12.0. The molecule has 1 unspecified atom stereocenters. The van der Waals surface area contributed by atoms with Gasteiger partial charge >= 0.3 is 18.0 Å². The highest BCUT2D eigenvalue weighted by atomic mass is 32.2. The van der Waals surface area contributed by atoms with E-state index in [1.54, 1.807) is 6.92 Å². The third kappa shape index (κ3) is 3.52. The second-order valence-corrected chi connectivity index (χ2v) is 4.77. The van der Waals surface area contributed by atoms with E-state index in [0.29, 0.717) is 11.6 Å². The molecule has 8 heteroatoms. The minimum absolute atomic E-state index is 0.180. The molecule has 1 saturated heterocycles. The molecule has 0 aromatic rings. The number of hydrogen-bond donors (Lipinski definition) is 1. The average Bonchev–Trinajstić information content (AvgIpc) is 2.76. The number of amides is 2. The van der Waals surface area contributed by atoms with Gasteiger partial charge in [0.2, 0.25) is 0 Å². The number of carboxylic acids is 1. The molecule has 0 bridgehead atoms. The summed E-state index contributed by atoms with van der Waals surface area (Å²) in [6.45, 7) is 1.75. The van der Waals surface area contributed by atoms with E-state index in [2.05, 4.69) is 0 Å². The third-order valence-corrected chi connectivity index (χ3v) is 3.42. The lowest BCUT2D eigenvalue weighted by molar-refractivity contribution is -0.143. The van der Waals surface area contributed by atoms with Crippen molar-refractivity contribution in [2.75, 3.05) is 31.8 Å². The quantitative estimate of drug-likeness (QED) is 0.731. The van der Waals surface area contributed by atoms with Crippen LogP contribution in [0.25, 0.3) is 0 Å². The first-order chi connectivity index (χ1) is 8.47. The van der Waals surface area contributed by atoms with Crippen molar-refractivity contribution < 1.29 is 24.2 Å². The first-order valence-corrected chi connectivity index (χ1v) is 6.60. The molecule has 1 rings (SSSR count). The predicted molar refractivity (Wildman–Crippen MR) is 65.2 cm³/mol. The van der Waals surface area contributed by atoms with Crippen LogP contribution in [-0.4, -0.2) is 70.7 Å². The predicted octanol–water partition coefficient (Wildman–Crippen LogP) is 0.0608. The molecule has 1 fully saturated rings. The fourth-order valence-electron chi connectivity index (χ4n) is 1.52. The van der Waals surface area contributed by atoms with Crippen LogP contribution in [-0.2, 0) is 14.3 Å². The topological polar surface area (TPSA) is 87.2 Å². The van der Waals surface area contributed by atoms with E-state index in [1.165, 1.54) is 28.6 Å². The molecule has 0 saturated carbocycles. The summed E-state index contributed by atoms with van der Waals surface area (Å²) in [6, 6.07) is -1.30. The van der Waals surface area contributed by atoms with Gasteiger partial charge in [0.1, 0.15) is 12.6 Å². The Kier molecular flexibility index (Phi) is 5.26. The summed E-state index contributed by atoms with van der Waals surface area (Å²) in [4.78, 5) is 36.6. The molecule has 1 atom stereocenters. The first-order valence-electron chi connectivity index (χ1n) is 5.45. The molecule has 0 aromatic heterocycles. The van der Waals surface area contributed by atoms with E-state index in [9.17, 15) is 14.4 Å². The van der Waals surface area contributed by atoms with Crippen LogP contribution in [0.1, 0.15) is 6.92 Å². The Morgan fingerprint density at radius 2 is 2.17 bits per heavy atom. The van der Waals surface area contributed by atoms with Gasteiger partial charge in [-0.2, -0.15) is 0 Å². The van der Waals surface area contributed by atoms with E-state index >= 15 is 0 Å². The van der Waals surface area contributed by atoms with Gasteiger partial charge in [-0.15, -0.1) is 11.8 Å². The van der Waals surface area contributed by atoms with Gasteiger partial charge in [-0.3, -0.25) is 4.79 Å². The highest BCUT2D eigenvalue weighted by Gasteiger charge is 2.36. The number of carbonyl (C=O) groups excluding carboxylic acids is 2. The molecule has 1 heterocycles. The van der Waals surface area contributed by atoms with Crippen molar-refractivity contribution in [1.29, 1.82) is 0 Å². The highest BCUT2D eigenvalue weighted by molar-refractivity contribution is 7.99. The number of carbonyl (C=O) groups is 3. The van der Waals surface area contributed by atoms with E-state index < -0.39 is 24.0 Å². The van der Waals surface area contributed by atoms with Crippen LogP contribution in [0, 0.1) is 0 Å². The second kappa shape index (κ2) is 6.48. The molecule has 102 valence electrons. The largest absolute Gasteiger partial charge is 0.480 e. The second-order valence-electron chi connectivity index (χ2n) is 3.77. The number of carboxylic acid groups (broad SMARTS) is 1. The molecule has 1 aliphatic rings. The van der Waals surface area contributed by atoms with Crippen LogP contribution in [0.4, 0.5) is 4.79 Å². The molecule has 0 aliphatic carbocycles. The fourth-order valence-corrected chi connectivity index (χ4v) is 2.66. The Bertz CT molecular complexity index is 349. The van der Waals surface area contributed by atoms with Crippen molar-refractivity contribution in [3.8, 4) is 0 Å². The summed E-state index contributed by atoms with van der Waals surface area (Å²) >= 11 is 1.37. The third-order valence-electron chi connectivity index (χ3n) is 2.41. The minimum atomic E-state index is -1.03. The monoisotopic (exact) mass is 276 g/mol. The van der Waals surface area contributed by atoms with Crippen LogP contribution in [0.3, 0.4) is 0 Å². The van der Waals surface area contributed by atoms with Gasteiger partial charge in [0.25, 0.3) is 0 Å². The van der Waals surface area contributed by atoms with Gasteiger partial charge in [-0.25, -0.2) is 9.59 Å². The van der Waals surface area contributed by atoms with E-state index in [-0.39, 0.29) is 13.2 Å². The Labute approximate surface area is 109 Å². The Morgan fingerprint density at radius 1 is 1.50 bits per heavy atom. The molecule has 1 aliphatic heterocycles. The highest BCUT2D eigenvalue weighted by Crippen LogP contribution is 2.22. The smallest absolute Gasteiger partial charge is 0.327 e. The Hall–Kier alpha value is -1.44. The van der Waals surface area contributed by atoms with Crippen molar-refractivity contribution in [3.05, 3.63) is 0 Å². The summed E-state index contributed by atoms with van der Waals surface area (Å²) in [7, 11) is 1.45. The lowest BCUT2D eigenvalue weighted by Gasteiger charge is -2.26. The van der Waals surface area contributed by atoms with Crippen LogP contribution in [0.5, 0.6) is 0 Å². The number of rotatable bonds is 4. The molecule has 7 nitrogen and oxygen atoms in total. The average molecular weight is 276 g/mol. The van der Waals surface area contributed by atoms with Crippen molar-refractivity contribution in [1.82, 2.24) is 9.80 Å². The van der Waals surface area contributed by atoms with Gasteiger partial charge in [-0.05, 0) is 6.92 Å². The number of likely N-dealkylation sites (N-methyl/N-ethyl adjacent to an activating group) is 1. The number of nitrogens with zero attached hydrogens (tertiary/aromatic N) is 2. The van der Waals surface area contributed by atoms with E-state index in [4.69, 9.17) is 9.84 Å². The standard InChI is InChI=1S/C10H16N2O5S/c1-3-17-8(13)4-11(2)10(16)12-6-18-5-7(12)9(14)15/h7H,3-6H2,1-2H3,(H,14,15). The maximum atomic E-state index is 12.0. The Morgan fingerprint density at radius 3 is 2.72 bits per heavy atom. The number of urea groups is 1. The van der Waals surface area contributed by atoms with Crippen LogP contribution in [0.15, 0.2) is 0 Å².